The highest BCUT2D eigenvalue weighted by Gasteiger charge is 2.12. The van der Waals surface area contributed by atoms with Gasteiger partial charge in [0.2, 0.25) is 0 Å². The number of ketones is 1. The van der Waals surface area contributed by atoms with Crippen LogP contribution in [0, 0.1) is 0 Å². The number of Topliss-reactive ketones (excluding diaryl/α,β-unsaturated/α-hetero) is 1. The largest absolute Gasteiger partial charge is 0.493 e. The Morgan fingerprint density at radius 2 is 1.52 bits per heavy atom. The Labute approximate surface area is 159 Å². The maximum atomic E-state index is 12.6. The minimum absolute atomic E-state index is 0.150. The quantitative estimate of drug-likeness (QED) is 0.239. The van der Waals surface area contributed by atoms with Gasteiger partial charge in [-0.25, -0.2) is 0 Å². The van der Waals surface area contributed by atoms with Crippen LogP contribution in [0.2, 0.25) is 0 Å². The van der Waals surface area contributed by atoms with Crippen molar-refractivity contribution < 1.29 is 9.53 Å². The van der Waals surface area contributed by atoms with Crippen molar-refractivity contribution in [1.82, 2.24) is 0 Å². The molecule has 2 nitrogen and oxygen atoms in total. The first-order valence-corrected chi connectivity index (χ1v) is 10.3. The molecule has 0 aromatic heterocycles. The summed E-state index contributed by atoms with van der Waals surface area (Å²) in [5.41, 5.74) is 1.90. The predicted molar refractivity (Wildman–Crippen MR) is 108 cm³/mol. The van der Waals surface area contributed by atoms with Gasteiger partial charge < -0.3 is 4.74 Å². The second kappa shape index (κ2) is 11.9. The molecule has 0 aliphatic heterocycles. The second-order valence-corrected chi connectivity index (χ2v) is 7.00. The molecular formula is C22H27BrO2. The molecule has 0 saturated heterocycles. The smallest absolute Gasteiger partial charge is 0.166 e. The van der Waals surface area contributed by atoms with Crippen LogP contribution in [0.4, 0.5) is 0 Å². The molecule has 2 aromatic rings. The first-order valence-electron chi connectivity index (χ1n) is 9.16. The van der Waals surface area contributed by atoms with Gasteiger partial charge in [0.05, 0.1) is 12.2 Å². The number of hydrogen-bond donors (Lipinski definition) is 0. The highest BCUT2D eigenvalue weighted by atomic mass is 79.9. The third-order valence-corrected chi connectivity index (χ3v) is 4.77. The van der Waals surface area contributed by atoms with E-state index in [0.29, 0.717) is 18.6 Å². The number of aryl methyl sites for hydroxylation is 1. The summed E-state index contributed by atoms with van der Waals surface area (Å²) in [5, 5.41) is 1.09. The fraction of sp³-hybridized carbons (Fsp3) is 0.409. The Hall–Kier alpha value is -1.61. The molecule has 2 rings (SSSR count). The minimum Gasteiger partial charge on any atom is -0.493 e. The van der Waals surface area contributed by atoms with Crippen molar-refractivity contribution in [3.8, 4) is 5.75 Å². The molecule has 134 valence electrons. The van der Waals surface area contributed by atoms with Crippen molar-refractivity contribution in [2.24, 2.45) is 0 Å². The van der Waals surface area contributed by atoms with Crippen LogP contribution in [0.3, 0.4) is 0 Å². The zero-order valence-electron chi connectivity index (χ0n) is 14.8. The van der Waals surface area contributed by atoms with Gasteiger partial charge in [0.25, 0.3) is 0 Å². The molecule has 0 aliphatic carbocycles. The van der Waals surface area contributed by atoms with E-state index in [9.17, 15) is 4.79 Å². The van der Waals surface area contributed by atoms with E-state index in [2.05, 4.69) is 28.1 Å². The lowest BCUT2D eigenvalue weighted by Crippen LogP contribution is -2.06. The van der Waals surface area contributed by atoms with Crippen LogP contribution in [-0.4, -0.2) is 17.7 Å². The molecule has 0 N–H and O–H groups in total. The molecule has 0 spiro atoms. The molecule has 0 fully saturated rings. The average Bonchev–Trinajstić information content (AvgIpc) is 2.66. The molecule has 0 aliphatic rings. The highest BCUT2D eigenvalue weighted by molar-refractivity contribution is 9.09. The maximum absolute atomic E-state index is 12.6. The van der Waals surface area contributed by atoms with Crippen LogP contribution in [0.1, 0.15) is 54.4 Å². The van der Waals surface area contributed by atoms with E-state index >= 15 is 0 Å². The topological polar surface area (TPSA) is 26.3 Å². The SMILES string of the molecule is O=C(CCc1ccccc1)c1ccccc1OCCCCCCCBr. The number of unbranched alkanes of at least 4 members (excludes halogenated alkanes) is 4. The van der Waals surface area contributed by atoms with E-state index in [1.54, 1.807) is 0 Å². The van der Waals surface area contributed by atoms with Crippen LogP contribution in [-0.2, 0) is 6.42 Å². The minimum atomic E-state index is 0.150. The van der Waals surface area contributed by atoms with Gasteiger partial charge >= 0.3 is 0 Å². The fourth-order valence-corrected chi connectivity index (χ4v) is 3.17. The van der Waals surface area contributed by atoms with Crippen molar-refractivity contribution in [1.29, 1.82) is 0 Å². The molecular weight excluding hydrogens is 376 g/mol. The molecule has 3 heteroatoms. The normalized spacial score (nSPS) is 10.6. The van der Waals surface area contributed by atoms with Gasteiger partial charge in [-0.1, -0.05) is 77.7 Å². The monoisotopic (exact) mass is 402 g/mol. The number of para-hydroxylation sites is 1. The zero-order valence-corrected chi connectivity index (χ0v) is 16.3. The van der Waals surface area contributed by atoms with Gasteiger partial charge in [-0.2, -0.15) is 0 Å². The van der Waals surface area contributed by atoms with E-state index in [4.69, 9.17) is 4.74 Å². The fourth-order valence-electron chi connectivity index (χ4n) is 2.77. The van der Waals surface area contributed by atoms with Crippen LogP contribution in [0.5, 0.6) is 5.75 Å². The lowest BCUT2D eigenvalue weighted by atomic mass is 10.0. The summed E-state index contributed by atoms with van der Waals surface area (Å²) >= 11 is 3.46. The molecule has 0 heterocycles. The molecule has 0 radical (unpaired) electrons. The van der Waals surface area contributed by atoms with Gasteiger partial charge in [0.15, 0.2) is 5.78 Å². The molecule has 0 unspecified atom stereocenters. The van der Waals surface area contributed by atoms with Crippen molar-refractivity contribution in [3.63, 3.8) is 0 Å². The first kappa shape index (κ1) is 19.7. The summed E-state index contributed by atoms with van der Waals surface area (Å²) in [6, 6.07) is 17.7. The summed E-state index contributed by atoms with van der Waals surface area (Å²) in [6.07, 6.45) is 7.23. The van der Waals surface area contributed by atoms with E-state index in [1.165, 1.54) is 31.2 Å². The Morgan fingerprint density at radius 3 is 2.32 bits per heavy atom. The first-order chi connectivity index (χ1) is 12.3. The Bertz CT molecular complexity index is 625. The summed E-state index contributed by atoms with van der Waals surface area (Å²) in [6.45, 7) is 0.678. The summed E-state index contributed by atoms with van der Waals surface area (Å²) in [4.78, 5) is 12.6. The standard InChI is InChI=1S/C22H27BrO2/c23-17-9-2-1-3-10-18-25-22-14-8-7-13-20(22)21(24)16-15-19-11-5-4-6-12-19/h4-8,11-14H,1-3,9-10,15-18H2. The third kappa shape index (κ3) is 7.43. The second-order valence-electron chi connectivity index (χ2n) is 6.21. The predicted octanol–water partition coefficient (Wildman–Crippen LogP) is 6.23. The van der Waals surface area contributed by atoms with Gasteiger partial charge in [-0.3, -0.25) is 4.79 Å². The van der Waals surface area contributed by atoms with E-state index in [0.717, 1.165) is 23.9 Å². The summed E-state index contributed by atoms with van der Waals surface area (Å²) in [7, 11) is 0. The Morgan fingerprint density at radius 1 is 0.840 bits per heavy atom. The number of carbonyl (C=O) groups is 1. The van der Waals surface area contributed by atoms with Crippen molar-refractivity contribution >= 4 is 21.7 Å². The summed E-state index contributed by atoms with van der Waals surface area (Å²) in [5.74, 6) is 0.873. The van der Waals surface area contributed by atoms with Crippen LogP contribution >= 0.6 is 15.9 Å². The molecule has 2 aromatic carbocycles. The Kier molecular flexibility index (Phi) is 9.35. The van der Waals surface area contributed by atoms with E-state index in [1.807, 2.05) is 42.5 Å². The molecule has 0 saturated carbocycles. The number of alkyl halides is 1. The van der Waals surface area contributed by atoms with Crippen LogP contribution < -0.4 is 4.74 Å². The van der Waals surface area contributed by atoms with Crippen LogP contribution in [0.25, 0.3) is 0 Å². The van der Waals surface area contributed by atoms with Crippen LogP contribution in [0.15, 0.2) is 54.6 Å². The number of benzene rings is 2. The molecule has 0 bridgehead atoms. The molecule has 25 heavy (non-hydrogen) atoms. The summed E-state index contributed by atoms with van der Waals surface area (Å²) < 4.78 is 5.89. The van der Waals surface area contributed by atoms with Gasteiger partial charge in [-0.15, -0.1) is 0 Å². The lowest BCUT2D eigenvalue weighted by molar-refractivity contribution is 0.0978. The molecule has 0 atom stereocenters. The highest BCUT2D eigenvalue weighted by Crippen LogP contribution is 2.21. The number of ether oxygens (including phenoxy) is 1. The average molecular weight is 403 g/mol. The zero-order chi connectivity index (χ0) is 17.7. The van der Waals surface area contributed by atoms with Crippen molar-refractivity contribution in [2.75, 3.05) is 11.9 Å². The van der Waals surface area contributed by atoms with Crippen molar-refractivity contribution in [2.45, 2.75) is 44.9 Å². The van der Waals surface area contributed by atoms with Gasteiger partial charge in [-0.05, 0) is 37.0 Å². The third-order valence-electron chi connectivity index (χ3n) is 4.21. The number of hydrogen-bond acceptors (Lipinski definition) is 2. The number of halogens is 1. The van der Waals surface area contributed by atoms with E-state index < -0.39 is 0 Å². The van der Waals surface area contributed by atoms with E-state index in [-0.39, 0.29) is 5.78 Å². The number of carbonyl (C=O) groups excluding carboxylic acids is 1. The Balaban J connectivity index is 1.79. The van der Waals surface area contributed by atoms with Gasteiger partial charge in [0, 0.05) is 11.8 Å². The molecule has 0 amide bonds. The van der Waals surface area contributed by atoms with Crippen molar-refractivity contribution in [3.05, 3.63) is 65.7 Å². The maximum Gasteiger partial charge on any atom is 0.166 e. The lowest BCUT2D eigenvalue weighted by Gasteiger charge is -2.11. The van der Waals surface area contributed by atoms with Gasteiger partial charge in [0.1, 0.15) is 5.75 Å². The number of rotatable bonds is 12.